The normalized spacial score (nSPS) is 12.5. The molecule has 0 aliphatic carbocycles. The van der Waals surface area contributed by atoms with E-state index in [4.69, 9.17) is 0 Å². The van der Waals surface area contributed by atoms with E-state index < -0.39 is 0 Å². The van der Waals surface area contributed by atoms with Gasteiger partial charge < -0.3 is 5.32 Å². The fourth-order valence-electron chi connectivity index (χ4n) is 1.14. The first-order valence-electron chi connectivity index (χ1n) is 4.74. The third-order valence-corrected chi connectivity index (χ3v) is 2.68. The second kappa shape index (κ2) is 5.05. The van der Waals surface area contributed by atoms with Crippen LogP contribution in [0.4, 0.5) is 5.13 Å². The van der Waals surface area contributed by atoms with Crippen LogP contribution in [-0.2, 0) is 4.79 Å². The molecule has 1 rings (SSSR count). The highest BCUT2D eigenvalue weighted by atomic mass is 32.1. The minimum absolute atomic E-state index is 0.0306. The summed E-state index contributed by atoms with van der Waals surface area (Å²) < 4.78 is 0. The Kier molecular flexibility index (Phi) is 4.00. The largest absolute Gasteiger partial charge is 0.300 e. The number of nitrogens with zero attached hydrogens (tertiary/aromatic N) is 2. The zero-order chi connectivity index (χ0) is 10.6. The van der Waals surface area contributed by atoms with Crippen LogP contribution in [0.1, 0.15) is 31.7 Å². The molecule has 0 radical (unpaired) electrons. The van der Waals surface area contributed by atoms with Crippen molar-refractivity contribution in [3.05, 3.63) is 5.01 Å². The average molecular weight is 213 g/mol. The topological polar surface area (TPSA) is 54.9 Å². The Balaban J connectivity index is 2.48. The molecule has 1 heterocycles. The maximum atomic E-state index is 11.5. The van der Waals surface area contributed by atoms with E-state index in [1.54, 1.807) is 0 Å². The molecule has 0 aliphatic rings. The number of carbonyl (C=O) groups excluding carboxylic acids is 1. The summed E-state index contributed by atoms with van der Waals surface area (Å²) in [6.45, 7) is 5.86. The van der Waals surface area contributed by atoms with Gasteiger partial charge in [-0.1, -0.05) is 31.6 Å². The van der Waals surface area contributed by atoms with Crippen molar-refractivity contribution in [2.24, 2.45) is 5.92 Å². The average Bonchev–Trinajstić information content (AvgIpc) is 2.51. The maximum absolute atomic E-state index is 11.5. The van der Waals surface area contributed by atoms with Crippen LogP contribution >= 0.6 is 11.3 Å². The highest BCUT2D eigenvalue weighted by Crippen LogP contribution is 2.15. The quantitative estimate of drug-likeness (QED) is 0.834. The molecule has 0 bridgehead atoms. The Hall–Kier alpha value is -0.970. The summed E-state index contributed by atoms with van der Waals surface area (Å²) in [7, 11) is 0. The Labute approximate surface area is 87.7 Å². The van der Waals surface area contributed by atoms with E-state index in [1.807, 2.05) is 13.8 Å². The van der Waals surface area contributed by atoms with Crippen molar-refractivity contribution in [1.82, 2.24) is 10.2 Å². The monoisotopic (exact) mass is 213 g/mol. The summed E-state index contributed by atoms with van der Waals surface area (Å²) in [6, 6.07) is 0. The fourth-order valence-corrected chi connectivity index (χ4v) is 1.73. The molecule has 14 heavy (non-hydrogen) atoms. The summed E-state index contributed by atoms with van der Waals surface area (Å²) in [5.74, 6) is 0.0761. The van der Waals surface area contributed by atoms with Crippen molar-refractivity contribution >= 4 is 22.4 Å². The van der Waals surface area contributed by atoms with Gasteiger partial charge in [-0.3, -0.25) is 4.79 Å². The lowest BCUT2D eigenvalue weighted by molar-refractivity contribution is -0.119. The lowest BCUT2D eigenvalue weighted by Gasteiger charge is -2.07. The van der Waals surface area contributed by atoms with Gasteiger partial charge in [-0.15, -0.1) is 10.2 Å². The summed E-state index contributed by atoms with van der Waals surface area (Å²) in [4.78, 5) is 11.5. The van der Waals surface area contributed by atoms with Crippen LogP contribution in [0.25, 0.3) is 0 Å². The lowest BCUT2D eigenvalue weighted by Crippen LogP contribution is -2.20. The fraction of sp³-hybridized carbons (Fsp3) is 0.667. The van der Waals surface area contributed by atoms with E-state index in [0.717, 1.165) is 17.8 Å². The minimum Gasteiger partial charge on any atom is -0.300 e. The first-order valence-corrected chi connectivity index (χ1v) is 5.56. The van der Waals surface area contributed by atoms with Gasteiger partial charge in [0.25, 0.3) is 0 Å². The number of amides is 1. The van der Waals surface area contributed by atoms with Crippen LogP contribution in [0.5, 0.6) is 0 Å². The molecule has 1 N–H and O–H groups in total. The zero-order valence-corrected chi connectivity index (χ0v) is 9.52. The van der Waals surface area contributed by atoms with Gasteiger partial charge in [-0.2, -0.15) is 0 Å². The SMILES string of the molecule is CCC[C@@H](C)C(=O)Nc1nnc(C)s1. The van der Waals surface area contributed by atoms with Gasteiger partial charge in [-0.05, 0) is 13.3 Å². The van der Waals surface area contributed by atoms with Gasteiger partial charge in [0.05, 0.1) is 0 Å². The first kappa shape index (κ1) is 11.1. The molecule has 1 aromatic heterocycles. The molecule has 78 valence electrons. The van der Waals surface area contributed by atoms with Gasteiger partial charge in [0, 0.05) is 5.92 Å². The predicted molar refractivity (Wildman–Crippen MR) is 57.3 cm³/mol. The number of aromatic nitrogens is 2. The molecule has 0 aliphatic heterocycles. The van der Waals surface area contributed by atoms with Crippen molar-refractivity contribution in [2.75, 3.05) is 5.32 Å². The van der Waals surface area contributed by atoms with E-state index in [0.29, 0.717) is 5.13 Å². The van der Waals surface area contributed by atoms with Crippen LogP contribution in [-0.4, -0.2) is 16.1 Å². The highest BCUT2D eigenvalue weighted by Gasteiger charge is 2.13. The number of anilines is 1. The van der Waals surface area contributed by atoms with Crippen molar-refractivity contribution < 1.29 is 4.79 Å². The zero-order valence-electron chi connectivity index (χ0n) is 8.70. The van der Waals surface area contributed by atoms with E-state index >= 15 is 0 Å². The van der Waals surface area contributed by atoms with Gasteiger partial charge in [0.1, 0.15) is 5.01 Å². The molecule has 4 nitrogen and oxygen atoms in total. The molecule has 0 saturated heterocycles. The molecule has 1 aromatic rings. The lowest BCUT2D eigenvalue weighted by atomic mass is 10.1. The number of hydrogen-bond acceptors (Lipinski definition) is 4. The van der Waals surface area contributed by atoms with E-state index in [-0.39, 0.29) is 11.8 Å². The number of rotatable bonds is 4. The van der Waals surface area contributed by atoms with Crippen molar-refractivity contribution in [3.63, 3.8) is 0 Å². The summed E-state index contributed by atoms with van der Waals surface area (Å²) in [6.07, 6.45) is 1.92. The highest BCUT2D eigenvalue weighted by molar-refractivity contribution is 7.15. The molecule has 0 fully saturated rings. The van der Waals surface area contributed by atoms with Crippen LogP contribution in [0.3, 0.4) is 0 Å². The molecular weight excluding hydrogens is 198 g/mol. The summed E-state index contributed by atoms with van der Waals surface area (Å²) >= 11 is 1.40. The number of aryl methyl sites for hydroxylation is 1. The standard InChI is InChI=1S/C9H15N3OS/c1-4-5-6(2)8(13)10-9-12-11-7(3)14-9/h6H,4-5H2,1-3H3,(H,10,12,13)/t6-/m1/s1. The third-order valence-electron chi connectivity index (χ3n) is 1.93. The molecule has 0 unspecified atom stereocenters. The van der Waals surface area contributed by atoms with E-state index in [9.17, 15) is 4.79 Å². The van der Waals surface area contributed by atoms with E-state index in [2.05, 4.69) is 22.4 Å². The molecule has 0 aromatic carbocycles. The van der Waals surface area contributed by atoms with Crippen LogP contribution in [0.15, 0.2) is 0 Å². The minimum atomic E-state index is 0.0306. The Morgan fingerprint density at radius 1 is 1.57 bits per heavy atom. The Morgan fingerprint density at radius 3 is 2.79 bits per heavy atom. The van der Waals surface area contributed by atoms with Gasteiger partial charge in [0.15, 0.2) is 0 Å². The van der Waals surface area contributed by atoms with Crippen molar-refractivity contribution in [1.29, 1.82) is 0 Å². The molecule has 0 saturated carbocycles. The Bertz CT molecular complexity index is 311. The van der Waals surface area contributed by atoms with Crippen molar-refractivity contribution in [2.45, 2.75) is 33.6 Å². The smallest absolute Gasteiger partial charge is 0.229 e. The first-order chi connectivity index (χ1) is 6.63. The maximum Gasteiger partial charge on any atom is 0.229 e. The Morgan fingerprint density at radius 2 is 2.29 bits per heavy atom. The van der Waals surface area contributed by atoms with Gasteiger partial charge in [0.2, 0.25) is 11.0 Å². The third kappa shape index (κ3) is 3.06. The van der Waals surface area contributed by atoms with Crippen LogP contribution < -0.4 is 5.32 Å². The van der Waals surface area contributed by atoms with Crippen molar-refractivity contribution in [3.8, 4) is 0 Å². The number of hydrogen-bond donors (Lipinski definition) is 1. The van der Waals surface area contributed by atoms with Gasteiger partial charge >= 0.3 is 0 Å². The second-order valence-electron chi connectivity index (χ2n) is 3.31. The molecule has 0 spiro atoms. The summed E-state index contributed by atoms with van der Waals surface area (Å²) in [5.41, 5.74) is 0. The number of nitrogens with one attached hydrogen (secondary N) is 1. The van der Waals surface area contributed by atoms with Crippen LogP contribution in [0, 0.1) is 12.8 Å². The van der Waals surface area contributed by atoms with Gasteiger partial charge in [-0.25, -0.2) is 0 Å². The molecule has 5 heteroatoms. The summed E-state index contributed by atoms with van der Waals surface area (Å²) in [5, 5.41) is 11.9. The number of carbonyl (C=O) groups is 1. The molecule has 1 amide bonds. The van der Waals surface area contributed by atoms with Crippen LogP contribution in [0.2, 0.25) is 0 Å². The molecule has 1 atom stereocenters. The predicted octanol–water partition coefficient (Wildman–Crippen LogP) is 2.22. The second-order valence-corrected chi connectivity index (χ2v) is 4.49. The molecular formula is C9H15N3OS. The van der Waals surface area contributed by atoms with E-state index in [1.165, 1.54) is 11.3 Å².